The zero-order valence-electron chi connectivity index (χ0n) is 13.5. The van der Waals surface area contributed by atoms with Crippen molar-refractivity contribution >= 4 is 22.4 Å². The molecule has 3 aromatic carbocycles. The third-order valence-electron chi connectivity index (χ3n) is 4.15. The number of rotatable bonds is 2. The molecule has 0 bridgehead atoms. The van der Waals surface area contributed by atoms with Crippen molar-refractivity contribution in [3.8, 4) is 5.75 Å². The first kappa shape index (κ1) is 15.1. The van der Waals surface area contributed by atoms with E-state index >= 15 is 0 Å². The fraction of sp³-hybridized carbons (Fsp3) is 0.150. The molecule has 0 radical (unpaired) electrons. The van der Waals surface area contributed by atoms with Crippen LogP contribution in [0.15, 0.2) is 48.5 Å². The Hall–Kier alpha value is -2.81. The van der Waals surface area contributed by atoms with Gasteiger partial charge in [-0.2, -0.15) is 0 Å². The van der Waals surface area contributed by atoms with Gasteiger partial charge in [0.05, 0.1) is 5.56 Å². The second-order valence-corrected chi connectivity index (χ2v) is 5.89. The fourth-order valence-electron chi connectivity index (χ4n) is 2.83. The SMILES string of the molecule is Cc1ccc(NC(=O)c2cc3ccccc3c(C)c2O)c(C)c1. The molecule has 0 fully saturated rings. The normalized spacial score (nSPS) is 10.7. The molecule has 0 aliphatic rings. The number of carbonyl (C=O) groups excluding carboxylic acids is 1. The minimum absolute atomic E-state index is 0.0333. The van der Waals surface area contributed by atoms with E-state index in [1.807, 2.05) is 63.2 Å². The fourth-order valence-corrected chi connectivity index (χ4v) is 2.83. The number of aromatic hydroxyl groups is 1. The molecule has 3 rings (SSSR count). The highest BCUT2D eigenvalue weighted by atomic mass is 16.3. The maximum atomic E-state index is 12.6. The average molecular weight is 305 g/mol. The Kier molecular flexibility index (Phi) is 3.78. The Bertz CT molecular complexity index is 913. The molecule has 0 aliphatic heterocycles. The van der Waals surface area contributed by atoms with E-state index in [0.717, 1.165) is 27.6 Å². The Labute approximate surface area is 135 Å². The number of aryl methyl sites for hydroxylation is 3. The van der Waals surface area contributed by atoms with Gasteiger partial charge in [-0.15, -0.1) is 0 Å². The Morgan fingerprint density at radius 3 is 2.48 bits per heavy atom. The van der Waals surface area contributed by atoms with Gasteiger partial charge in [0, 0.05) is 5.69 Å². The van der Waals surface area contributed by atoms with Gasteiger partial charge in [-0.1, -0.05) is 42.0 Å². The van der Waals surface area contributed by atoms with Crippen LogP contribution in [-0.2, 0) is 0 Å². The lowest BCUT2D eigenvalue weighted by Crippen LogP contribution is -2.13. The lowest BCUT2D eigenvalue weighted by Gasteiger charge is -2.13. The largest absolute Gasteiger partial charge is 0.507 e. The van der Waals surface area contributed by atoms with E-state index in [-0.39, 0.29) is 11.7 Å². The summed E-state index contributed by atoms with van der Waals surface area (Å²) in [6.45, 7) is 5.79. The smallest absolute Gasteiger partial charge is 0.259 e. The molecule has 3 nitrogen and oxygen atoms in total. The van der Waals surface area contributed by atoms with Crippen LogP contribution in [0.3, 0.4) is 0 Å². The van der Waals surface area contributed by atoms with E-state index < -0.39 is 0 Å². The van der Waals surface area contributed by atoms with Crippen LogP contribution >= 0.6 is 0 Å². The summed E-state index contributed by atoms with van der Waals surface area (Å²) in [5, 5.41) is 15.2. The summed E-state index contributed by atoms with van der Waals surface area (Å²) in [4.78, 5) is 12.6. The second kappa shape index (κ2) is 5.76. The van der Waals surface area contributed by atoms with Gasteiger partial charge in [0.1, 0.15) is 5.75 Å². The second-order valence-electron chi connectivity index (χ2n) is 5.89. The maximum absolute atomic E-state index is 12.6. The highest BCUT2D eigenvalue weighted by Crippen LogP contribution is 2.31. The predicted octanol–water partition coefficient (Wildman–Crippen LogP) is 4.72. The zero-order valence-corrected chi connectivity index (χ0v) is 13.5. The van der Waals surface area contributed by atoms with Crippen LogP contribution in [-0.4, -0.2) is 11.0 Å². The van der Waals surface area contributed by atoms with E-state index in [9.17, 15) is 9.90 Å². The van der Waals surface area contributed by atoms with Gasteiger partial charge in [0.15, 0.2) is 0 Å². The van der Waals surface area contributed by atoms with E-state index in [0.29, 0.717) is 11.1 Å². The average Bonchev–Trinajstić information content (AvgIpc) is 2.53. The summed E-state index contributed by atoms with van der Waals surface area (Å²) in [6.07, 6.45) is 0. The molecule has 23 heavy (non-hydrogen) atoms. The van der Waals surface area contributed by atoms with Crippen molar-refractivity contribution in [3.63, 3.8) is 0 Å². The summed E-state index contributed by atoms with van der Waals surface area (Å²) in [7, 11) is 0. The predicted molar refractivity (Wildman–Crippen MR) is 94.2 cm³/mol. The third kappa shape index (κ3) is 2.78. The van der Waals surface area contributed by atoms with E-state index in [1.165, 1.54) is 0 Å². The first-order valence-electron chi connectivity index (χ1n) is 7.57. The molecule has 0 aromatic heterocycles. The quantitative estimate of drug-likeness (QED) is 0.719. The molecule has 2 N–H and O–H groups in total. The molecule has 0 spiro atoms. The van der Waals surface area contributed by atoms with E-state index in [4.69, 9.17) is 0 Å². The monoisotopic (exact) mass is 305 g/mol. The summed E-state index contributed by atoms with van der Waals surface area (Å²) in [6, 6.07) is 15.3. The van der Waals surface area contributed by atoms with Gasteiger partial charge in [0.25, 0.3) is 5.91 Å². The van der Waals surface area contributed by atoms with Crippen LogP contribution in [0.25, 0.3) is 10.8 Å². The molecule has 0 saturated heterocycles. The van der Waals surface area contributed by atoms with Crippen molar-refractivity contribution in [3.05, 3.63) is 70.8 Å². The van der Waals surface area contributed by atoms with Crippen LogP contribution in [0.4, 0.5) is 5.69 Å². The molecular weight excluding hydrogens is 286 g/mol. The van der Waals surface area contributed by atoms with E-state index in [2.05, 4.69) is 5.32 Å². The lowest BCUT2D eigenvalue weighted by atomic mass is 9.99. The number of nitrogens with one attached hydrogen (secondary N) is 1. The van der Waals surface area contributed by atoms with Crippen molar-refractivity contribution in [1.29, 1.82) is 0 Å². The summed E-state index contributed by atoms with van der Waals surface area (Å²) < 4.78 is 0. The van der Waals surface area contributed by atoms with Crippen molar-refractivity contribution in [2.75, 3.05) is 5.32 Å². The lowest BCUT2D eigenvalue weighted by molar-refractivity contribution is 0.102. The summed E-state index contributed by atoms with van der Waals surface area (Å²) in [5.41, 5.74) is 3.90. The van der Waals surface area contributed by atoms with Crippen LogP contribution in [0, 0.1) is 20.8 Å². The molecule has 0 aliphatic carbocycles. The van der Waals surface area contributed by atoms with Crippen molar-refractivity contribution < 1.29 is 9.90 Å². The molecule has 1 amide bonds. The first-order valence-corrected chi connectivity index (χ1v) is 7.57. The van der Waals surface area contributed by atoms with Crippen LogP contribution in [0.5, 0.6) is 5.75 Å². The maximum Gasteiger partial charge on any atom is 0.259 e. The minimum atomic E-state index is -0.302. The number of phenolic OH excluding ortho intramolecular Hbond substituents is 1. The van der Waals surface area contributed by atoms with Crippen molar-refractivity contribution in [1.82, 2.24) is 0 Å². The number of fused-ring (bicyclic) bond motifs is 1. The van der Waals surface area contributed by atoms with Gasteiger partial charge in [-0.25, -0.2) is 0 Å². The molecular formula is C20H19NO2. The first-order chi connectivity index (χ1) is 11.0. The van der Waals surface area contributed by atoms with Gasteiger partial charge >= 0.3 is 0 Å². The number of carbonyl (C=O) groups is 1. The van der Waals surface area contributed by atoms with Crippen molar-refractivity contribution in [2.45, 2.75) is 20.8 Å². The highest BCUT2D eigenvalue weighted by Gasteiger charge is 2.16. The van der Waals surface area contributed by atoms with E-state index in [1.54, 1.807) is 6.07 Å². The number of hydrogen-bond acceptors (Lipinski definition) is 2. The summed E-state index contributed by atoms with van der Waals surface area (Å²) in [5.74, 6) is -0.269. The minimum Gasteiger partial charge on any atom is -0.507 e. The van der Waals surface area contributed by atoms with Gasteiger partial charge < -0.3 is 10.4 Å². The molecule has 3 heteroatoms. The number of anilines is 1. The molecule has 0 atom stereocenters. The number of amides is 1. The van der Waals surface area contributed by atoms with Crippen LogP contribution < -0.4 is 5.32 Å². The van der Waals surface area contributed by atoms with Gasteiger partial charge in [0.2, 0.25) is 0 Å². The molecule has 0 heterocycles. The molecule has 0 saturated carbocycles. The number of benzene rings is 3. The number of hydrogen-bond donors (Lipinski definition) is 2. The Morgan fingerprint density at radius 2 is 1.74 bits per heavy atom. The van der Waals surface area contributed by atoms with Crippen LogP contribution in [0.1, 0.15) is 27.0 Å². The molecule has 3 aromatic rings. The zero-order chi connectivity index (χ0) is 16.6. The van der Waals surface area contributed by atoms with Gasteiger partial charge in [-0.05, 0) is 54.8 Å². The third-order valence-corrected chi connectivity index (χ3v) is 4.15. The topological polar surface area (TPSA) is 49.3 Å². The molecule has 116 valence electrons. The van der Waals surface area contributed by atoms with Crippen LogP contribution in [0.2, 0.25) is 0 Å². The van der Waals surface area contributed by atoms with Crippen molar-refractivity contribution in [2.24, 2.45) is 0 Å². The Morgan fingerprint density at radius 1 is 1.00 bits per heavy atom. The molecule has 0 unspecified atom stereocenters. The Balaban J connectivity index is 2.02. The number of phenols is 1. The highest BCUT2D eigenvalue weighted by molar-refractivity contribution is 6.09. The standard InChI is InChI=1S/C20H19NO2/c1-12-8-9-18(13(2)10-12)21-20(23)17-11-15-6-4-5-7-16(15)14(3)19(17)22/h4-11,22H,1-3H3,(H,21,23). The summed E-state index contributed by atoms with van der Waals surface area (Å²) >= 11 is 0. The van der Waals surface area contributed by atoms with Gasteiger partial charge in [-0.3, -0.25) is 4.79 Å².